The summed E-state index contributed by atoms with van der Waals surface area (Å²) in [6.45, 7) is 0.391. The minimum absolute atomic E-state index is 0.152. The van der Waals surface area contributed by atoms with Crippen LogP contribution in [0.15, 0.2) is 36.7 Å². The van der Waals surface area contributed by atoms with Crippen LogP contribution in [0.4, 0.5) is 5.69 Å². The van der Waals surface area contributed by atoms with E-state index in [0.29, 0.717) is 30.9 Å². The predicted octanol–water partition coefficient (Wildman–Crippen LogP) is 2.63. The zero-order valence-corrected chi connectivity index (χ0v) is 13.9. The summed E-state index contributed by atoms with van der Waals surface area (Å²) in [5.41, 5.74) is -0.124. The topological polar surface area (TPSA) is 76.4 Å². The normalized spacial score (nSPS) is 16.1. The highest BCUT2D eigenvalue weighted by Gasteiger charge is 2.33. The average Bonchev–Trinajstić information content (AvgIpc) is 3.15. The third-order valence-corrected chi connectivity index (χ3v) is 4.45. The molecule has 0 aliphatic heterocycles. The van der Waals surface area contributed by atoms with E-state index in [0.717, 1.165) is 18.7 Å². The molecule has 128 valence electrons. The largest absolute Gasteiger partial charge is 0.486 e. The van der Waals surface area contributed by atoms with Gasteiger partial charge in [-0.2, -0.15) is 0 Å². The van der Waals surface area contributed by atoms with Gasteiger partial charge in [0, 0.05) is 25.1 Å². The van der Waals surface area contributed by atoms with Crippen molar-refractivity contribution in [2.75, 3.05) is 5.32 Å². The van der Waals surface area contributed by atoms with Crippen molar-refractivity contribution in [1.29, 1.82) is 0 Å². The molecular weight excluding hydrogens is 306 g/mol. The summed E-state index contributed by atoms with van der Waals surface area (Å²) in [7, 11) is 1.92. The number of hydrogen-bond acceptors (Lipinski definition) is 4. The van der Waals surface area contributed by atoms with Crippen molar-refractivity contribution in [3.05, 3.63) is 42.5 Å². The molecule has 0 unspecified atom stereocenters. The van der Waals surface area contributed by atoms with Crippen LogP contribution in [0.2, 0.25) is 0 Å². The molecule has 2 aromatic rings. The van der Waals surface area contributed by atoms with E-state index in [-0.39, 0.29) is 12.3 Å². The number of carbonyl (C=O) groups is 1. The maximum absolute atomic E-state index is 12.1. The predicted molar refractivity (Wildman–Crippen MR) is 90.6 cm³/mol. The highest BCUT2D eigenvalue weighted by Crippen LogP contribution is 2.32. The standard InChI is InChI=1S/C18H23N3O3/c1-21-11-10-19-16(21)13-24-15-6-4-14(5-7-15)20-17(22)12-18(23)8-2-3-9-18/h4-7,10-11,23H,2-3,8-9,12-13H2,1H3,(H,20,22). The van der Waals surface area contributed by atoms with Crippen molar-refractivity contribution in [1.82, 2.24) is 9.55 Å². The Hall–Kier alpha value is -2.34. The number of carbonyl (C=O) groups excluding carboxylic acids is 1. The molecule has 1 aromatic heterocycles. The van der Waals surface area contributed by atoms with E-state index in [9.17, 15) is 9.90 Å². The van der Waals surface area contributed by atoms with Gasteiger partial charge in [0.05, 0.1) is 12.0 Å². The Morgan fingerprint density at radius 3 is 2.67 bits per heavy atom. The van der Waals surface area contributed by atoms with Gasteiger partial charge in [0.1, 0.15) is 18.2 Å². The Morgan fingerprint density at radius 1 is 1.33 bits per heavy atom. The highest BCUT2D eigenvalue weighted by atomic mass is 16.5. The van der Waals surface area contributed by atoms with Crippen molar-refractivity contribution >= 4 is 11.6 Å². The van der Waals surface area contributed by atoms with Crippen LogP contribution in [0, 0.1) is 0 Å². The van der Waals surface area contributed by atoms with Crippen LogP contribution < -0.4 is 10.1 Å². The molecule has 24 heavy (non-hydrogen) atoms. The molecule has 1 amide bonds. The molecule has 6 heteroatoms. The van der Waals surface area contributed by atoms with Crippen LogP contribution in [0.25, 0.3) is 0 Å². The summed E-state index contributed by atoms with van der Waals surface area (Å²) in [5, 5.41) is 13.1. The Bertz CT molecular complexity index is 688. The number of aliphatic hydroxyl groups is 1. The Labute approximate surface area is 141 Å². The summed E-state index contributed by atoms with van der Waals surface area (Å²) in [6.07, 6.45) is 7.16. The van der Waals surface area contributed by atoms with Crippen LogP contribution in [-0.4, -0.2) is 26.2 Å². The average molecular weight is 329 g/mol. The summed E-state index contributed by atoms with van der Waals surface area (Å²) >= 11 is 0. The fourth-order valence-electron chi connectivity index (χ4n) is 3.03. The van der Waals surface area contributed by atoms with Gasteiger partial charge in [0.25, 0.3) is 0 Å². The zero-order valence-electron chi connectivity index (χ0n) is 13.9. The number of rotatable bonds is 6. The molecule has 1 aliphatic carbocycles. The Balaban J connectivity index is 1.50. The number of ether oxygens (including phenoxy) is 1. The molecule has 2 N–H and O–H groups in total. The molecule has 1 saturated carbocycles. The Kier molecular flexibility index (Phi) is 4.85. The number of hydrogen-bond donors (Lipinski definition) is 2. The molecule has 0 saturated heterocycles. The monoisotopic (exact) mass is 329 g/mol. The molecule has 3 rings (SSSR count). The van der Waals surface area contributed by atoms with Gasteiger partial charge in [-0.3, -0.25) is 4.79 Å². The number of imidazole rings is 1. The maximum atomic E-state index is 12.1. The first-order valence-corrected chi connectivity index (χ1v) is 8.25. The minimum Gasteiger partial charge on any atom is -0.486 e. The van der Waals surface area contributed by atoms with E-state index in [1.807, 2.05) is 29.9 Å². The summed E-state index contributed by atoms with van der Waals surface area (Å²) < 4.78 is 7.58. The van der Waals surface area contributed by atoms with E-state index in [1.165, 1.54) is 0 Å². The molecule has 6 nitrogen and oxygen atoms in total. The first-order valence-electron chi connectivity index (χ1n) is 8.25. The van der Waals surface area contributed by atoms with Crippen molar-refractivity contribution in [2.45, 2.75) is 44.3 Å². The Morgan fingerprint density at radius 2 is 2.04 bits per heavy atom. The van der Waals surface area contributed by atoms with Gasteiger partial charge >= 0.3 is 0 Å². The second-order valence-corrected chi connectivity index (χ2v) is 6.42. The van der Waals surface area contributed by atoms with E-state index in [1.54, 1.807) is 18.3 Å². The fraction of sp³-hybridized carbons (Fsp3) is 0.444. The summed E-state index contributed by atoms with van der Waals surface area (Å²) in [4.78, 5) is 16.3. The van der Waals surface area contributed by atoms with Gasteiger partial charge in [-0.1, -0.05) is 12.8 Å². The lowest BCUT2D eigenvalue weighted by Crippen LogP contribution is -2.30. The number of nitrogens with one attached hydrogen (secondary N) is 1. The fourth-order valence-corrected chi connectivity index (χ4v) is 3.03. The van der Waals surface area contributed by atoms with Crippen molar-refractivity contribution in [3.8, 4) is 5.75 Å². The number of nitrogens with zero attached hydrogens (tertiary/aromatic N) is 2. The van der Waals surface area contributed by atoms with Gasteiger partial charge in [-0.25, -0.2) is 4.98 Å². The first-order chi connectivity index (χ1) is 11.5. The second-order valence-electron chi connectivity index (χ2n) is 6.42. The third-order valence-electron chi connectivity index (χ3n) is 4.45. The number of aromatic nitrogens is 2. The van der Waals surface area contributed by atoms with E-state index in [2.05, 4.69) is 10.3 Å². The zero-order chi connectivity index (χ0) is 17.0. The maximum Gasteiger partial charge on any atom is 0.227 e. The molecule has 0 atom stereocenters. The minimum atomic E-state index is -0.824. The van der Waals surface area contributed by atoms with Crippen molar-refractivity contribution in [3.63, 3.8) is 0 Å². The van der Waals surface area contributed by atoms with Crippen molar-refractivity contribution in [2.24, 2.45) is 7.05 Å². The quantitative estimate of drug-likeness (QED) is 0.854. The van der Waals surface area contributed by atoms with E-state index >= 15 is 0 Å². The number of amides is 1. The molecular formula is C18H23N3O3. The molecule has 0 spiro atoms. The van der Waals surface area contributed by atoms with E-state index in [4.69, 9.17) is 4.74 Å². The summed E-state index contributed by atoms with van der Waals surface area (Å²) in [5.74, 6) is 1.41. The molecule has 0 bridgehead atoms. The van der Waals surface area contributed by atoms with Gasteiger partial charge < -0.3 is 19.7 Å². The van der Waals surface area contributed by atoms with E-state index < -0.39 is 5.60 Å². The van der Waals surface area contributed by atoms with Gasteiger partial charge in [-0.05, 0) is 37.1 Å². The number of anilines is 1. The smallest absolute Gasteiger partial charge is 0.227 e. The lowest BCUT2D eigenvalue weighted by Gasteiger charge is -2.21. The van der Waals surface area contributed by atoms with Crippen LogP contribution in [-0.2, 0) is 18.4 Å². The van der Waals surface area contributed by atoms with Crippen molar-refractivity contribution < 1.29 is 14.6 Å². The molecule has 1 aromatic carbocycles. The van der Waals surface area contributed by atoms with Gasteiger partial charge in [0.15, 0.2) is 0 Å². The second kappa shape index (κ2) is 7.05. The summed E-state index contributed by atoms with van der Waals surface area (Å²) in [6, 6.07) is 7.21. The number of benzene rings is 1. The van der Waals surface area contributed by atoms with Crippen LogP contribution in [0.1, 0.15) is 37.9 Å². The van der Waals surface area contributed by atoms with Crippen LogP contribution >= 0.6 is 0 Å². The lowest BCUT2D eigenvalue weighted by atomic mass is 9.97. The third kappa shape index (κ3) is 4.14. The lowest BCUT2D eigenvalue weighted by molar-refractivity contribution is -0.120. The van der Waals surface area contributed by atoms with Gasteiger partial charge in [-0.15, -0.1) is 0 Å². The molecule has 1 aliphatic rings. The van der Waals surface area contributed by atoms with Crippen LogP contribution in [0.3, 0.4) is 0 Å². The molecule has 1 fully saturated rings. The molecule has 1 heterocycles. The first kappa shape index (κ1) is 16.5. The SMILES string of the molecule is Cn1ccnc1COc1ccc(NC(=O)CC2(O)CCCC2)cc1. The highest BCUT2D eigenvalue weighted by molar-refractivity contribution is 5.91. The van der Waals surface area contributed by atoms with Crippen LogP contribution in [0.5, 0.6) is 5.75 Å². The molecule has 0 radical (unpaired) electrons. The van der Waals surface area contributed by atoms with Gasteiger partial charge in [0.2, 0.25) is 5.91 Å². The number of aryl methyl sites for hydroxylation is 1.